The molecule has 0 aromatic heterocycles. The van der Waals surface area contributed by atoms with Gasteiger partial charge in [0.25, 0.3) is 0 Å². The van der Waals surface area contributed by atoms with Crippen molar-refractivity contribution in [3.05, 3.63) is 0 Å². The van der Waals surface area contributed by atoms with Crippen LogP contribution in [0.5, 0.6) is 0 Å². The zero-order chi connectivity index (χ0) is 16.0. The zero-order valence-corrected chi connectivity index (χ0v) is 21.9. The van der Waals surface area contributed by atoms with E-state index < -0.39 is 11.9 Å². The molecule has 0 aliphatic heterocycles. The fraction of sp³-hybridized carbons (Fsp3) is 0.875. The Morgan fingerprint density at radius 1 is 0.773 bits per heavy atom. The molecule has 0 heterocycles. The first-order chi connectivity index (χ1) is 9.44. The van der Waals surface area contributed by atoms with Crippen molar-refractivity contribution < 1.29 is 66.6 Å². The topological polar surface area (TPSA) is 80.3 Å². The fourth-order valence-electron chi connectivity index (χ4n) is 1.88. The van der Waals surface area contributed by atoms with E-state index >= 15 is 0 Å². The Hall–Kier alpha value is 0.485. The maximum absolute atomic E-state index is 10.3. The minimum atomic E-state index is -0.893. The molecule has 0 amide bonds. The minimum absolute atomic E-state index is 0. The zero-order valence-electron chi connectivity index (χ0n) is 14.9. The van der Waals surface area contributed by atoms with Gasteiger partial charge in [-0.25, -0.2) is 0 Å². The van der Waals surface area contributed by atoms with E-state index in [9.17, 15) is 19.8 Å². The summed E-state index contributed by atoms with van der Waals surface area (Å²) < 4.78 is 0. The number of unbranched alkanes of at least 4 members (excludes halogenated alkanes) is 2. The van der Waals surface area contributed by atoms with Crippen LogP contribution in [0.3, 0.4) is 0 Å². The second-order valence-corrected chi connectivity index (χ2v) is 5.13. The van der Waals surface area contributed by atoms with Gasteiger partial charge in [-0.15, -0.1) is 0 Å². The predicted molar refractivity (Wildman–Crippen MR) is 76.6 cm³/mol. The summed E-state index contributed by atoms with van der Waals surface area (Å²) in [5.41, 5.74) is 0. The molecule has 0 N–H and O–H groups in total. The Morgan fingerprint density at radius 3 is 1.18 bits per heavy atom. The molecule has 6 heteroatoms. The first-order valence-corrected chi connectivity index (χ1v) is 7.86. The molecule has 22 heavy (non-hydrogen) atoms. The van der Waals surface area contributed by atoms with Gasteiger partial charge in [0.05, 0.1) is 0 Å². The number of carbonyl (C=O) groups excluding carboxylic acids is 2. The maximum atomic E-state index is 10.3. The summed E-state index contributed by atoms with van der Waals surface area (Å²) in [6, 6.07) is 0. The second kappa shape index (κ2) is 21.5. The van der Waals surface area contributed by atoms with E-state index in [1.807, 2.05) is 13.8 Å². The maximum Gasteiger partial charge on any atom is 2.00 e. The number of hydrogen-bond acceptors (Lipinski definition) is 4. The molecule has 0 bridgehead atoms. The molecule has 0 saturated heterocycles. The molecule has 0 spiro atoms. The van der Waals surface area contributed by atoms with Crippen LogP contribution in [0.2, 0.25) is 0 Å². The molecule has 2 unspecified atom stereocenters. The molecule has 0 radical (unpaired) electrons. The third-order valence-corrected chi connectivity index (χ3v) is 3.46. The number of carboxylic acids is 2. The van der Waals surface area contributed by atoms with Crippen LogP contribution in [0.1, 0.15) is 79.1 Å². The van der Waals surface area contributed by atoms with Crippen LogP contribution < -0.4 is 10.2 Å². The van der Waals surface area contributed by atoms with E-state index in [0.29, 0.717) is 12.8 Å². The summed E-state index contributed by atoms with van der Waals surface area (Å²) in [7, 11) is 0. The molecule has 0 aromatic carbocycles. The van der Waals surface area contributed by atoms with E-state index in [0.717, 1.165) is 38.5 Å². The van der Waals surface area contributed by atoms with Crippen molar-refractivity contribution in [2.24, 2.45) is 11.8 Å². The number of aliphatic carboxylic acids is 2. The van der Waals surface area contributed by atoms with Crippen LogP contribution in [0, 0.1) is 11.8 Å². The summed E-state index contributed by atoms with van der Waals surface area (Å²) in [6.45, 7) is 7.89. The van der Waals surface area contributed by atoms with Gasteiger partial charge in [-0.2, -0.15) is 0 Å². The Balaban J connectivity index is -0.000000135. The van der Waals surface area contributed by atoms with E-state index in [1.165, 1.54) is 0 Å². The molecule has 0 rings (SSSR count). The smallest absolute Gasteiger partial charge is 0.550 e. The van der Waals surface area contributed by atoms with E-state index in [2.05, 4.69) is 13.8 Å². The average Bonchev–Trinajstić information content (AvgIpc) is 2.40. The van der Waals surface area contributed by atoms with Crippen molar-refractivity contribution in [1.82, 2.24) is 0 Å². The van der Waals surface area contributed by atoms with Crippen LogP contribution in [-0.2, 0) is 56.4 Å². The van der Waals surface area contributed by atoms with Crippen molar-refractivity contribution in [3.63, 3.8) is 0 Å². The first kappa shape index (κ1) is 30.4. The van der Waals surface area contributed by atoms with Crippen molar-refractivity contribution in [2.45, 2.75) is 79.1 Å². The van der Waals surface area contributed by atoms with Crippen molar-refractivity contribution in [1.29, 1.82) is 0 Å². The Bertz CT molecular complexity index is 237. The summed E-state index contributed by atoms with van der Waals surface area (Å²) in [5, 5.41) is 20.7. The average molecular weight is 464 g/mol. The Kier molecular flexibility index (Phi) is 29.7. The van der Waals surface area contributed by atoms with Crippen molar-refractivity contribution in [3.8, 4) is 0 Å². The van der Waals surface area contributed by atoms with Gasteiger partial charge in [0.2, 0.25) is 0 Å². The number of carbonyl (C=O) groups is 2. The molecule has 2 atom stereocenters. The van der Waals surface area contributed by atoms with Gasteiger partial charge < -0.3 is 19.8 Å². The minimum Gasteiger partial charge on any atom is -0.550 e. The van der Waals surface area contributed by atoms with Gasteiger partial charge in [-0.1, -0.05) is 53.4 Å². The Labute approximate surface area is 168 Å². The second-order valence-electron chi connectivity index (χ2n) is 5.13. The van der Waals surface area contributed by atoms with Gasteiger partial charge in [0.1, 0.15) is 0 Å². The van der Waals surface area contributed by atoms with Crippen LogP contribution in [0.25, 0.3) is 0 Å². The molecular formula is C16H30CdO4Zn. The van der Waals surface area contributed by atoms with Gasteiger partial charge >= 0.3 is 19.5 Å². The molecule has 0 aliphatic carbocycles. The quantitative estimate of drug-likeness (QED) is 0.463. The van der Waals surface area contributed by atoms with E-state index in [-0.39, 0.29) is 58.6 Å². The molecule has 122 valence electrons. The summed E-state index contributed by atoms with van der Waals surface area (Å²) in [6.07, 6.45) is 7.04. The molecule has 0 fully saturated rings. The van der Waals surface area contributed by atoms with E-state index in [1.54, 1.807) is 0 Å². The monoisotopic (exact) mass is 464 g/mol. The molecule has 0 saturated carbocycles. The van der Waals surface area contributed by atoms with Crippen molar-refractivity contribution in [2.75, 3.05) is 0 Å². The van der Waals surface area contributed by atoms with Crippen LogP contribution in [-0.4, -0.2) is 11.9 Å². The van der Waals surface area contributed by atoms with Gasteiger partial charge in [-0.3, -0.25) is 0 Å². The molecule has 4 nitrogen and oxygen atoms in total. The summed E-state index contributed by atoms with van der Waals surface area (Å²) in [4.78, 5) is 20.7. The third kappa shape index (κ3) is 18.5. The summed E-state index contributed by atoms with van der Waals surface area (Å²) >= 11 is 0. The Morgan fingerprint density at radius 2 is 1.05 bits per heavy atom. The first-order valence-electron chi connectivity index (χ1n) is 7.86. The fourth-order valence-corrected chi connectivity index (χ4v) is 1.88. The van der Waals surface area contributed by atoms with Crippen molar-refractivity contribution >= 4 is 11.9 Å². The molecule has 0 aliphatic rings. The SMILES string of the molecule is CCCCC(CC)C(=O)[O-].CCCCC(CC)C(=O)[O-].[Cd].[Zn+2]. The summed E-state index contributed by atoms with van der Waals surface area (Å²) in [5.74, 6) is -2.23. The van der Waals surface area contributed by atoms with E-state index in [4.69, 9.17) is 0 Å². The number of carboxylic acid groups (broad SMARTS) is 2. The molecule has 0 aromatic rings. The largest absolute Gasteiger partial charge is 2.00 e. The van der Waals surface area contributed by atoms with Crippen LogP contribution >= 0.6 is 0 Å². The van der Waals surface area contributed by atoms with Crippen LogP contribution in [0.15, 0.2) is 0 Å². The molecular weight excluding hydrogens is 434 g/mol. The third-order valence-electron chi connectivity index (χ3n) is 3.46. The van der Waals surface area contributed by atoms with Crippen LogP contribution in [0.4, 0.5) is 0 Å². The van der Waals surface area contributed by atoms with Gasteiger partial charge in [0, 0.05) is 39.2 Å². The predicted octanol–water partition coefficient (Wildman–Crippen LogP) is 1.90. The normalized spacial score (nSPS) is 11.8. The standard InChI is InChI=1S/2C8H16O2.Cd.Zn/c2*1-3-5-6-7(4-2)8(9)10;;/h2*7H,3-6H2,1-2H3,(H,9,10);;/q;;;+2/p-2. The number of rotatable bonds is 10. The van der Waals surface area contributed by atoms with Gasteiger partial charge in [0.15, 0.2) is 0 Å². The number of hydrogen-bond donors (Lipinski definition) is 0. The van der Waals surface area contributed by atoms with Gasteiger partial charge in [-0.05, 0) is 37.5 Å².